The molecule has 0 aliphatic heterocycles. The second-order valence-corrected chi connectivity index (χ2v) is 7.19. The molecule has 6 nitrogen and oxygen atoms in total. The fourth-order valence-electron chi connectivity index (χ4n) is 2.63. The molecule has 132 valence electrons. The molecule has 7 heteroatoms. The highest BCUT2D eigenvalue weighted by atomic mass is 32.1. The summed E-state index contributed by atoms with van der Waals surface area (Å²) in [6.07, 6.45) is 1.70. The van der Waals surface area contributed by atoms with Crippen LogP contribution in [0.15, 0.2) is 29.6 Å². The second kappa shape index (κ2) is 7.23. The molecule has 1 heterocycles. The number of aliphatic carboxylic acids is 1. The molecule has 0 spiro atoms. The Bertz CT molecular complexity index is 785. The Morgan fingerprint density at radius 1 is 1.44 bits per heavy atom. The minimum absolute atomic E-state index is 0.0150. The van der Waals surface area contributed by atoms with Crippen molar-refractivity contribution >= 4 is 23.2 Å². The number of carboxylic acids is 1. The number of amides is 1. The lowest BCUT2D eigenvalue weighted by Crippen LogP contribution is -2.44. The third kappa shape index (κ3) is 4.17. The van der Waals surface area contributed by atoms with Gasteiger partial charge in [-0.25, -0.2) is 9.78 Å². The number of nitrogens with zero attached hydrogens (tertiary/aromatic N) is 2. The topological polar surface area (TPSA) is 79.7 Å². The molecule has 1 saturated carbocycles. The van der Waals surface area contributed by atoms with Gasteiger partial charge in [0.15, 0.2) is 0 Å². The first-order valence-electron chi connectivity index (χ1n) is 8.15. The van der Waals surface area contributed by atoms with E-state index in [4.69, 9.17) is 4.74 Å². The first-order chi connectivity index (χ1) is 12.0. The molecule has 1 aromatic carbocycles. The molecule has 1 N–H and O–H groups in total. The fourth-order valence-corrected chi connectivity index (χ4v) is 3.23. The number of carbonyl (C=O) groups is 2. The van der Waals surface area contributed by atoms with Crippen molar-refractivity contribution < 1.29 is 19.4 Å². The SMILES string of the molecule is Cc1nc(COc2cccc(C(=O)N(C3CC3)C(C)C(=O)O)c2)cs1. The largest absolute Gasteiger partial charge is 0.487 e. The summed E-state index contributed by atoms with van der Waals surface area (Å²) in [5.41, 5.74) is 1.28. The molecule has 1 unspecified atom stereocenters. The molecule has 1 fully saturated rings. The zero-order valence-electron chi connectivity index (χ0n) is 14.1. The van der Waals surface area contributed by atoms with Crippen LogP contribution in [0, 0.1) is 6.92 Å². The Morgan fingerprint density at radius 3 is 2.80 bits per heavy atom. The highest BCUT2D eigenvalue weighted by Gasteiger charge is 2.38. The number of carbonyl (C=O) groups excluding carboxylic acids is 1. The number of thiazole rings is 1. The average Bonchev–Trinajstić information content (AvgIpc) is 3.34. The van der Waals surface area contributed by atoms with E-state index in [1.54, 1.807) is 42.5 Å². The molecule has 1 aliphatic carbocycles. The van der Waals surface area contributed by atoms with Crippen LogP contribution in [0.1, 0.15) is 40.8 Å². The summed E-state index contributed by atoms with van der Waals surface area (Å²) < 4.78 is 5.72. The van der Waals surface area contributed by atoms with Crippen LogP contribution in [0.2, 0.25) is 0 Å². The number of carboxylic acid groups (broad SMARTS) is 1. The molecule has 1 aromatic heterocycles. The summed E-state index contributed by atoms with van der Waals surface area (Å²) in [7, 11) is 0. The van der Waals surface area contributed by atoms with Crippen molar-refractivity contribution in [1.82, 2.24) is 9.88 Å². The number of aryl methyl sites for hydroxylation is 1. The van der Waals surface area contributed by atoms with E-state index in [0.29, 0.717) is 17.9 Å². The lowest BCUT2D eigenvalue weighted by molar-refractivity contribution is -0.141. The summed E-state index contributed by atoms with van der Waals surface area (Å²) in [6, 6.07) is 6.03. The van der Waals surface area contributed by atoms with Gasteiger partial charge >= 0.3 is 5.97 Å². The minimum atomic E-state index is -0.994. The molecule has 1 atom stereocenters. The van der Waals surface area contributed by atoms with Gasteiger partial charge in [-0.3, -0.25) is 4.79 Å². The lowest BCUT2D eigenvalue weighted by Gasteiger charge is -2.26. The first kappa shape index (κ1) is 17.4. The first-order valence-corrected chi connectivity index (χ1v) is 9.03. The summed E-state index contributed by atoms with van der Waals surface area (Å²) in [6.45, 7) is 3.81. The number of benzene rings is 1. The Morgan fingerprint density at radius 2 is 2.20 bits per heavy atom. The van der Waals surface area contributed by atoms with Gasteiger partial charge in [0.2, 0.25) is 0 Å². The van der Waals surface area contributed by atoms with Gasteiger partial charge in [-0.2, -0.15) is 0 Å². The van der Waals surface area contributed by atoms with E-state index in [1.807, 2.05) is 12.3 Å². The Balaban J connectivity index is 1.73. The van der Waals surface area contributed by atoms with Crippen LogP contribution in [-0.4, -0.2) is 39.0 Å². The van der Waals surface area contributed by atoms with E-state index < -0.39 is 12.0 Å². The molecule has 0 saturated heterocycles. The van der Waals surface area contributed by atoms with Crippen LogP contribution in [0.4, 0.5) is 0 Å². The maximum absolute atomic E-state index is 12.8. The van der Waals surface area contributed by atoms with Gasteiger partial charge in [-0.1, -0.05) is 6.07 Å². The predicted molar refractivity (Wildman–Crippen MR) is 93.9 cm³/mol. The Hall–Kier alpha value is -2.41. The van der Waals surface area contributed by atoms with Crippen LogP contribution < -0.4 is 4.74 Å². The van der Waals surface area contributed by atoms with Crippen molar-refractivity contribution in [2.75, 3.05) is 0 Å². The van der Waals surface area contributed by atoms with E-state index in [2.05, 4.69) is 4.98 Å². The van der Waals surface area contributed by atoms with Gasteiger partial charge in [0.05, 0.1) is 10.7 Å². The van der Waals surface area contributed by atoms with Gasteiger partial charge in [0.25, 0.3) is 5.91 Å². The molecule has 0 radical (unpaired) electrons. The lowest BCUT2D eigenvalue weighted by atomic mass is 10.1. The maximum atomic E-state index is 12.8. The highest BCUT2D eigenvalue weighted by molar-refractivity contribution is 7.09. The molecule has 0 bridgehead atoms. The molecule has 1 aliphatic rings. The van der Waals surface area contributed by atoms with Gasteiger partial charge < -0.3 is 14.7 Å². The normalized spacial score (nSPS) is 14.8. The van der Waals surface area contributed by atoms with E-state index >= 15 is 0 Å². The van der Waals surface area contributed by atoms with Crippen molar-refractivity contribution in [3.8, 4) is 5.75 Å². The summed E-state index contributed by atoms with van der Waals surface area (Å²) in [4.78, 5) is 29.9. The number of aromatic nitrogens is 1. The third-order valence-electron chi connectivity index (χ3n) is 4.08. The molecule has 3 rings (SSSR count). The van der Waals surface area contributed by atoms with E-state index in [-0.39, 0.29) is 11.9 Å². The van der Waals surface area contributed by atoms with Crippen molar-refractivity contribution in [1.29, 1.82) is 0 Å². The number of rotatable bonds is 7. The van der Waals surface area contributed by atoms with Crippen LogP contribution in [-0.2, 0) is 11.4 Å². The fraction of sp³-hybridized carbons (Fsp3) is 0.389. The van der Waals surface area contributed by atoms with Crippen molar-refractivity contribution in [2.24, 2.45) is 0 Å². The number of hydrogen-bond donors (Lipinski definition) is 1. The predicted octanol–water partition coefficient (Wildman–Crippen LogP) is 3.11. The molecular weight excluding hydrogens is 340 g/mol. The summed E-state index contributed by atoms with van der Waals surface area (Å²) in [5.74, 6) is -0.700. The van der Waals surface area contributed by atoms with Crippen LogP contribution in [0.25, 0.3) is 0 Å². The van der Waals surface area contributed by atoms with Crippen molar-refractivity contribution in [3.05, 3.63) is 45.9 Å². The van der Waals surface area contributed by atoms with Gasteiger partial charge in [-0.05, 0) is 44.9 Å². The third-order valence-corrected chi connectivity index (χ3v) is 4.91. The van der Waals surface area contributed by atoms with Crippen LogP contribution >= 0.6 is 11.3 Å². The standard InChI is InChI=1S/C18H20N2O4S/c1-11(18(22)23)20(15-6-7-15)17(21)13-4-3-5-16(8-13)24-9-14-10-25-12(2)19-14/h3-5,8,10-11,15H,6-7,9H2,1-2H3,(H,22,23). The number of hydrogen-bond acceptors (Lipinski definition) is 5. The summed E-state index contributed by atoms with van der Waals surface area (Å²) >= 11 is 1.56. The van der Waals surface area contributed by atoms with Gasteiger partial charge in [-0.15, -0.1) is 11.3 Å². The number of ether oxygens (including phenoxy) is 1. The monoisotopic (exact) mass is 360 g/mol. The van der Waals surface area contributed by atoms with Crippen LogP contribution in [0.3, 0.4) is 0 Å². The molecule has 2 aromatic rings. The van der Waals surface area contributed by atoms with E-state index in [0.717, 1.165) is 23.5 Å². The van der Waals surface area contributed by atoms with Crippen molar-refractivity contribution in [3.63, 3.8) is 0 Å². The van der Waals surface area contributed by atoms with Gasteiger partial charge in [0, 0.05) is 17.0 Å². The zero-order chi connectivity index (χ0) is 18.0. The second-order valence-electron chi connectivity index (χ2n) is 6.13. The molecule has 1 amide bonds. The van der Waals surface area contributed by atoms with Crippen LogP contribution in [0.5, 0.6) is 5.75 Å². The average molecular weight is 360 g/mol. The summed E-state index contributed by atoms with van der Waals surface area (Å²) in [5, 5.41) is 12.2. The highest BCUT2D eigenvalue weighted by Crippen LogP contribution is 2.31. The van der Waals surface area contributed by atoms with E-state index in [9.17, 15) is 14.7 Å². The van der Waals surface area contributed by atoms with Gasteiger partial charge in [0.1, 0.15) is 18.4 Å². The van der Waals surface area contributed by atoms with Crippen molar-refractivity contribution in [2.45, 2.75) is 45.4 Å². The zero-order valence-corrected chi connectivity index (χ0v) is 15.0. The minimum Gasteiger partial charge on any atom is -0.487 e. The molecular formula is C18H20N2O4S. The Labute approximate surface area is 150 Å². The smallest absolute Gasteiger partial charge is 0.326 e. The van der Waals surface area contributed by atoms with E-state index in [1.165, 1.54) is 4.90 Å². The maximum Gasteiger partial charge on any atom is 0.326 e. The molecule has 25 heavy (non-hydrogen) atoms. The Kier molecular flexibility index (Phi) is 5.03. The quantitative estimate of drug-likeness (QED) is 0.821.